The molecule has 478 valence electrons. The molecule has 0 aromatic heterocycles. The fourth-order valence-electron chi connectivity index (χ4n) is 11.4. The van der Waals surface area contributed by atoms with E-state index in [1.54, 1.807) is 0 Å². The van der Waals surface area contributed by atoms with Crippen LogP contribution in [0.1, 0.15) is 419 Å². The van der Waals surface area contributed by atoms with E-state index in [0.717, 1.165) is 57.8 Å². The minimum Gasteiger partial charge on any atom is -0.462 e. The van der Waals surface area contributed by atoms with Crippen molar-refractivity contribution in [1.29, 1.82) is 0 Å². The Kier molecular flexibility index (Phi) is 68.5. The molecule has 0 aromatic carbocycles. The number of carbonyl (C=O) groups excluding carboxylic acids is 3. The summed E-state index contributed by atoms with van der Waals surface area (Å²) in [5.74, 6) is -0.846. The predicted molar refractivity (Wildman–Crippen MR) is 353 cm³/mol. The second-order valence-electron chi connectivity index (χ2n) is 25.2. The van der Waals surface area contributed by atoms with Crippen LogP contribution in [0.5, 0.6) is 0 Å². The highest BCUT2D eigenvalue weighted by molar-refractivity contribution is 5.71. The van der Waals surface area contributed by atoms with Crippen molar-refractivity contribution in [3.8, 4) is 0 Å². The van der Waals surface area contributed by atoms with Crippen molar-refractivity contribution in [3.05, 3.63) is 24.3 Å². The van der Waals surface area contributed by atoms with Gasteiger partial charge in [-0.1, -0.05) is 353 Å². The molecule has 81 heavy (non-hydrogen) atoms. The third kappa shape index (κ3) is 68.6. The Morgan fingerprint density at radius 3 is 0.617 bits per heavy atom. The van der Waals surface area contributed by atoms with E-state index < -0.39 is 6.10 Å². The molecule has 0 saturated heterocycles. The van der Waals surface area contributed by atoms with E-state index in [4.69, 9.17) is 14.2 Å². The van der Waals surface area contributed by atoms with Gasteiger partial charge in [0.05, 0.1) is 0 Å². The van der Waals surface area contributed by atoms with Gasteiger partial charge in [0.25, 0.3) is 0 Å². The molecule has 0 fully saturated rings. The Balaban J connectivity index is 4.20. The molecule has 0 aromatic rings. The Bertz CT molecular complexity index is 1310. The lowest BCUT2D eigenvalue weighted by atomic mass is 10.0. The van der Waals surface area contributed by atoms with E-state index in [0.29, 0.717) is 19.3 Å². The van der Waals surface area contributed by atoms with Gasteiger partial charge in [-0.3, -0.25) is 14.4 Å². The topological polar surface area (TPSA) is 78.9 Å². The molecule has 0 radical (unpaired) electrons. The number of allylic oxidation sites excluding steroid dienone is 4. The number of hydrogen-bond acceptors (Lipinski definition) is 6. The summed E-state index contributed by atoms with van der Waals surface area (Å²) < 4.78 is 17.0. The molecule has 6 heteroatoms. The minimum absolute atomic E-state index is 0.0689. The first-order chi connectivity index (χ1) is 40.0. The molecule has 0 saturated carbocycles. The molecule has 0 N–H and O–H groups in total. The predicted octanol–water partition coefficient (Wildman–Crippen LogP) is 25.3. The summed E-state index contributed by atoms with van der Waals surface area (Å²) in [6, 6.07) is 0. The van der Waals surface area contributed by atoms with Gasteiger partial charge in [-0.15, -0.1) is 0 Å². The maximum absolute atomic E-state index is 12.9. The Labute approximate surface area is 506 Å². The summed E-state index contributed by atoms with van der Waals surface area (Å²) in [5, 5.41) is 0. The van der Waals surface area contributed by atoms with E-state index in [9.17, 15) is 14.4 Å². The fraction of sp³-hybridized carbons (Fsp3) is 0.907. The summed E-state index contributed by atoms with van der Waals surface area (Å²) in [6.45, 7) is 6.71. The zero-order valence-corrected chi connectivity index (χ0v) is 55.1. The van der Waals surface area contributed by atoms with Crippen LogP contribution in [0.2, 0.25) is 0 Å². The second-order valence-corrected chi connectivity index (χ2v) is 25.2. The SMILES string of the molecule is CCCCCCCC/C=C\CCCCCCCCCC(=O)OCC(COC(=O)CCCCCCCCCCCCCCCCCCCCCCCCCCCCCCC)OC(=O)CCCCCCCCC/C=C\CCCCCCCC. The standard InChI is InChI=1S/C75H142O6/c1-4-7-10-13-16-19-22-25-28-31-32-33-34-35-36-37-38-39-40-41-42-45-47-50-53-56-59-62-65-68-74(77)80-71-72(81-75(78)69-66-63-60-57-54-51-48-44-30-27-24-21-18-15-12-9-6-3)70-79-73(76)67-64-61-58-55-52-49-46-43-29-26-23-20-17-14-11-8-5-2/h26-27,29-30,72H,4-25,28,31-71H2,1-3H3/b29-26-,30-27-. The lowest BCUT2D eigenvalue weighted by Crippen LogP contribution is -2.30. The molecule has 6 nitrogen and oxygen atoms in total. The number of ether oxygens (including phenoxy) is 3. The molecule has 0 amide bonds. The van der Waals surface area contributed by atoms with Crippen LogP contribution < -0.4 is 0 Å². The van der Waals surface area contributed by atoms with Gasteiger partial charge in [0, 0.05) is 19.3 Å². The first-order valence-electron chi connectivity index (χ1n) is 36.8. The van der Waals surface area contributed by atoms with Crippen LogP contribution in [0.15, 0.2) is 24.3 Å². The Morgan fingerprint density at radius 1 is 0.235 bits per heavy atom. The first-order valence-corrected chi connectivity index (χ1v) is 36.8. The third-order valence-electron chi connectivity index (χ3n) is 16.9. The van der Waals surface area contributed by atoms with E-state index in [1.807, 2.05) is 0 Å². The summed E-state index contributed by atoms with van der Waals surface area (Å²) in [5.41, 5.74) is 0. The highest BCUT2D eigenvalue weighted by atomic mass is 16.6. The van der Waals surface area contributed by atoms with Gasteiger partial charge in [-0.2, -0.15) is 0 Å². The maximum atomic E-state index is 12.9. The van der Waals surface area contributed by atoms with Crippen molar-refractivity contribution < 1.29 is 28.6 Å². The van der Waals surface area contributed by atoms with Gasteiger partial charge in [-0.25, -0.2) is 0 Å². The van der Waals surface area contributed by atoms with E-state index >= 15 is 0 Å². The van der Waals surface area contributed by atoms with Gasteiger partial charge in [0.1, 0.15) is 13.2 Å². The van der Waals surface area contributed by atoms with Crippen molar-refractivity contribution in [2.75, 3.05) is 13.2 Å². The summed E-state index contributed by atoms with van der Waals surface area (Å²) in [7, 11) is 0. The van der Waals surface area contributed by atoms with Crippen LogP contribution in [-0.4, -0.2) is 37.2 Å². The number of esters is 3. The van der Waals surface area contributed by atoms with Gasteiger partial charge in [0.15, 0.2) is 6.10 Å². The molecule has 0 aliphatic carbocycles. The van der Waals surface area contributed by atoms with Gasteiger partial charge < -0.3 is 14.2 Å². The Morgan fingerprint density at radius 2 is 0.407 bits per heavy atom. The molecule has 0 aliphatic rings. The van der Waals surface area contributed by atoms with Crippen molar-refractivity contribution in [1.82, 2.24) is 0 Å². The molecule has 1 atom stereocenters. The third-order valence-corrected chi connectivity index (χ3v) is 16.9. The number of hydrogen-bond donors (Lipinski definition) is 0. The molecule has 0 spiro atoms. The lowest BCUT2D eigenvalue weighted by Gasteiger charge is -2.18. The highest BCUT2D eigenvalue weighted by Gasteiger charge is 2.20. The smallest absolute Gasteiger partial charge is 0.306 e. The average molecular weight is 1140 g/mol. The fourth-order valence-corrected chi connectivity index (χ4v) is 11.4. The number of carbonyl (C=O) groups is 3. The van der Waals surface area contributed by atoms with Crippen LogP contribution in [-0.2, 0) is 28.6 Å². The quantitative estimate of drug-likeness (QED) is 0.0261. The van der Waals surface area contributed by atoms with Gasteiger partial charge in [-0.05, 0) is 70.6 Å². The largest absolute Gasteiger partial charge is 0.462 e. The van der Waals surface area contributed by atoms with Crippen LogP contribution in [0.25, 0.3) is 0 Å². The summed E-state index contributed by atoms with van der Waals surface area (Å²) >= 11 is 0. The second kappa shape index (κ2) is 70.4. The number of rotatable bonds is 69. The summed E-state index contributed by atoms with van der Waals surface area (Å²) in [6.07, 6.45) is 86.5. The van der Waals surface area contributed by atoms with Crippen molar-refractivity contribution >= 4 is 17.9 Å². The van der Waals surface area contributed by atoms with Crippen molar-refractivity contribution in [3.63, 3.8) is 0 Å². The molecule has 0 rings (SSSR count). The van der Waals surface area contributed by atoms with Crippen molar-refractivity contribution in [2.45, 2.75) is 425 Å². The first kappa shape index (κ1) is 78.9. The van der Waals surface area contributed by atoms with Crippen LogP contribution in [0.4, 0.5) is 0 Å². The van der Waals surface area contributed by atoms with Crippen molar-refractivity contribution in [2.24, 2.45) is 0 Å². The maximum Gasteiger partial charge on any atom is 0.306 e. The molecule has 1 unspecified atom stereocenters. The Hall–Kier alpha value is -2.11. The zero-order chi connectivity index (χ0) is 58.5. The number of unbranched alkanes of at least 4 members (excludes halogenated alkanes) is 54. The minimum atomic E-state index is -0.774. The van der Waals surface area contributed by atoms with E-state index in [1.165, 1.54) is 321 Å². The summed E-state index contributed by atoms with van der Waals surface area (Å²) in [4.78, 5) is 38.5. The van der Waals surface area contributed by atoms with Crippen LogP contribution >= 0.6 is 0 Å². The lowest BCUT2D eigenvalue weighted by molar-refractivity contribution is -0.167. The average Bonchev–Trinajstić information content (AvgIpc) is 3.47. The normalized spacial score (nSPS) is 12.1. The molecule has 0 bridgehead atoms. The zero-order valence-electron chi connectivity index (χ0n) is 55.1. The van der Waals surface area contributed by atoms with Crippen LogP contribution in [0, 0.1) is 0 Å². The monoisotopic (exact) mass is 1140 g/mol. The molecule has 0 heterocycles. The molecule has 0 aliphatic heterocycles. The van der Waals surface area contributed by atoms with E-state index in [-0.39, 0.29) is 31.1 Å². The van der Waals surface area contributed by atoms with Crippen LogP contribution in [0.3, 0.4) is 0 Å². The molecular weight excluding hydrogens is 997 g/mol. The van der Waals surface area contributed by atoms with E-state index in [2.05, 4.69) is 45.1 Å². The molecular formula is C75H142O6. The van der Waals surface area contributed by atoms with Gasteiger partial charge >= 0.3 is 17.9 Å². The van der Waals surface area contributed by atoms with Gasteiger partial charge in [0.2, 0.25) is 0 Å². The highest BCUT2D eigenvalue weighted by Crippen LogP contribution is 2.19.